The molecule has 0 aliphatic rings. The molecule has 0 bridgehead atoms. The second-order valence-electron chi connectivity index (χ2n) is 5.10. The van der Waals surface area contributed by atoms with Gasteiger partial charge < -0.3 is 0 Å². The summed E-state index contributed by atoms with van der Waals surface area (Å²) in [6.07, 6.45) is 4.80. The Bertz CT molecular complexity index is 543. The average molecular weight is 261 g/mol. The van der Waals surface area contributed by atoms with E-state index < -0.39 is 0 Å². The second kappa shape index (κ2) is 4.94. The topological polar surface area (TPSA) is 55.7 Å². The van der Waals surface area contributed by atoms with Gasteiger partial charge in [-0.05, 0) is 0 Å². The van der Waals surface area contributed by atoms with E-state index >= 15 is 0 Å². The van der Waals surface area contributed by atoms with Crippen molar-refractivity contribution in [1.29, 1.82) is 0 Å². The highest BCUT2D eigenvalue weighted by Gasteiger charge is 2.18. The lowest BCUT2D eigenvalue weighted by Gasteiger charge is -2.14. The number of rotatable bonds is 3. The molecule has 0 radical (unpaired) electrons. The molecule has 4 nitrogen and oxygen atoms in total. The zero-order valence-corrected chi connectivity index (χ0v) is 11.5. The molecule has 2 aromatic heterocycles. The normalized spacial score (nSPS) is 11.5. The van der Waals surface area contributed by atoms with E-state index in [1.165, 1.54) is 30.1 Å². The SMILES string of the molecule is CC(C)(C)c1csc(CC(=O)c2cncnc2)n1. The number of hydrogen-bond acceptors (Lipinski definition) is 5. The second-order valence-corrected chi connectivity index (χ2v) is 6.05. The molecule has 18 heavy (non-hydrogen) atoms. The van der Waals surface area contributed by atoms with E-state index in [0.29, 0.717) is 12.0 Å². The third-order valence-electron chi connectivity index (χ3n) is 2.51. The van der Waals surface area contributed by atoms with E-state index in [-0.39, 0.29) is 11.2 Å². The summed E-state index contributed by atoms with van der Waals surface area (Å²) in [7, 11) is 0. The quantitative estimate of drug-likeness (QED) is 0.797. The van der Waals surface area contributed by atoms with Crippen molar-refractivity contribution in [2.24, 2.45) is 0 Å². The van der Waals surface area contributed by atoms with Crippen LogP contribution in [-0.4, -0.2) is 20.7 Å². The summed E-state index contributed by atoms with van der Waals surface area (Å²) < 4.78 is 0. The van der Waals surface area contributed by atoms with Crippen LogP contribution in [0.1, 0.15) is 41.8 Å². The molecule has 94 valence electrons. The van der Waals surface area contributed by atoms with Crippen LogP contribution in [0.4, 0.5) is 0 Å². The molecule has 0 aromatic carbocycles. The van der Waals surface area contributed by atoms with Crippen molar-refractivity contribution >= 4 is 17.1 Å². The minimum Gasteiger partial charge on any atom is -0.294 e. The Balaban J connectivity index is 2.11. The lowest BCUT2D eigenvalue weighted by molar-refractivity contribution is 0.0992. The molecular formula is C13H15N3OS. The lowest BCUT2D eigenvalue weighted by Crippen LogP contribution is -2.12. The summed E-state index contributed by atoms with van der Waals surface area (Å²) in [6.45, 7) is 6.33. The van der Waals surface area contributed by atoms with Crippen molar-refractivity contribution < 1.29 is 4.79 Å². The van der Waals surface area contributed by atoms with Crippen molar-refractivity contribution in [2.45, 2.75) is 32.6 Å². The maximum absolute atomic E-state index is 12.0. The van der Waals surface area contributed by atoms with Crippen LogP contribution in [0.15, 0.2) is 24.1 Å². The summed E-state index contributed by atoms with van der Waals surface area (Å²) in [6, 6.07) is 0. The highest BCUT2D eigenvalue weighted by molar-refractivity contribution is 7.09. The molecule has 0 N–H and O–H groups in total. The maximum atomic E-state index is 12.0. The van der Waals surface area contributed by atoms with E-state index in [2.05, 4.69) is 35.7 Å². The Hall–Kier alpha value is -1.62. The number of ketones is 1. The molecule has 0 saturated carbocycles. The monoisotopic (exact) mass is 261 g/mol. The first-order chi connectivity index (χ1) is 8.47. The maximum Gasteiger partial charge on any atom is 0.172 e. The summed E-state index contributed by atoms with van der Waals surface area (Å²) in [5, 5.41) is 2.86. The standard InChI is InChI=1S/C13H15N3OS/c1-13(2,3)11-7-18-12(16-11)4-10(17)9-5-14-8-15-6-9/h5-8H,4H2,1-3H3. The third kappa shape index (κ3) is 2.98. The van der Waals surface area contributed by atoms with E-state index in [0.717, 1.165) is 10.7 Å². The van der Waals surface area contributed by atoms with E-state index in [1.54, 1.807) is 0 Å². The zero-order valence-electron chi connectivity index (χ0n) is 10.7. The van der Waals surface area contributed by atoms with Gasteiger partial charge in [0.05, 0.1) is 17.7 Å². The Morgan fingerprint density at radius 3 is 2.50 bits per heavy atom. The van der Waals surface area contributed by atoms with Gasteiger partial charge in [-0.2, -0.15) is 0 Å². The van der Waals surface area contributed by atoms with Crippen LogP contribution in [0, 0.1) is 0 Å². The minimum atomic E-state index is 0.00501. The molecule has 2 heterocycles. The van der Waals surface area contributed by atoms with E-state index in [1.807, 2.05) is 5.38 Å². The molecule has 5 heteroatoms. The predicted molar refractivity (Wildman–Crippen MR) is 70.9 cm³/mol. The first kappa shape index (κ1) is 12.8. The summed E-state index contributed by atoms with van der Waals surface area (Å²) in [4.78, 5) is 24.1. The van der Waals surface area contributed by atoms with Crippen LogP contribution >= 0.6 is 11.3 Å². The smallest absolute Gasteiger partial charge is 0.172 e. The number of hydrogen-bond donors (Lipinski definition) is 0. The van der Waals surface area contributed by atoms with E-state index in [4.69, 9.17) is 0 Å². The summed E-state index contributed by atoms with van der Waals surface area (Å²) >= 11 is 1.53. The summed E-state index contributed by atoms with van der Waals surface area (Å²) in [5.41, 5.74) is 1.58. The molecule has 0 atom stereocenters. The van der Waals surface area contributed by atoms with Gasteiger partial charge in [-0.15, -0.1) is 11.3 Å². The first-order valence-corrected chi connectivity index (χ1v) is 6.58. The summed E-state index contributed by atoms with van der Waals surface area (Å²) in [5.74, 6) is 0.00501. The molecule has 0 amide bonds. The average Bonchev–Trinajstić information content (AvgIpc) is 2.78. The fourth-order valence-electron chi connectivity index (χ4n) is 1.42. The van der Waals surface area contributed by atoms with Crippen molar-refractivity contribution in [3.63, 3.8) is 0 Å². The Kier molecular flexibility index (Phi) is 3.52. The van der Waals surface area contributed by atoms with Gasteiger partial charge in [0.15, 0.2) is 5.78 Å². The Labute approximate surface area is 110 Å². The molecule has 0 spiro atoms. The fourth-order valence-corrected chi connectivity index (χ4v) is 2.44. The number of thiazole rings is 1. The molecule has 0 unspecified atom stereocenters. The molecule has 0 aliphatic carbocycles. The number of nitrogens with zero attached hydrogens (tertiary/aromatic N) is 3. The number of carbonyl (C=O) groups excluding carboxylic acids is 1. The molecule has 2 aromatic rings. The van der Waals surface area contributed by atoms with Gasteiger partial charge in [0, 0.05) is 23.2 Å². The van der Waals surface area contributed by atoms with Gasteiger partial charge in [-0.25, -0.2) is 15.0 Å². The van der Waals surface area contributed by atoms with Gasteiger partial charge in [0.25, 0.3) is 0 Å². The fraction of sp³-hybridized carbons (Fsp3) is 0.385. The molecular weight excluding hydrogens is 246 g/mol. The van der Waals surface area contributed by atoms with E-state index in [9.17, 15) is 4.79 Å². The highest BCUT2D eigenvalue weighted by atomic mass is 32.1. The van der Waals surface area contributed by atoms with Crippen LogP contribution in [0.25, 0.3) is 0 Å². The number of carbonyl (C=O) groups is 1. The number of Topliss-reactive ketones (excluding diaryl/α,β-unsaturated/α-hetero) is 1. The zero-order chi connectivity index (χ0) is 13.2. The van der Waals surface area contributed by atoms with Crippen LogP contribution in [0.3, 0.4) is 0 Å². The van der Waals surface area contributed by atoms with Gasteiger partial charge >= 0.3 is 0 Å². The van der Waals surface area contributed by atoms with Crippen molar-refractivity contribution in [3.8, 4) is 0 Å². The largest absolute Gasteiger partial charge is 0.294 e. The molecule has 2 rings (SSSR count). The minimum absolute atomic E-state index is 0.00501. The number of aromatic nitrogens is 3. The highest BCUT2D eigenvalue weighted by Crippen LogP contribution is 2.24. The predicted octanol–water partition coefficient (Wildman–Crippen LogP) is 2.66. The van der Waals surface area contributed by atoms with Crippen LogP contribution < -0.4 is 0 Å². The van der Waals surface area contributed by atoms with Crippen molar-refractivity contribution in [3.05, 3.63) is 40.4 Å². The van der Waals surface area contributed by atoms with Crippen LogP contribution in [-0.2, 0) is 11.8 Å². The molecule has 0 aliphatic heterocycles. The Morgan fingerprint density at radius 2 is 1.94 bits per heavy atom. The van der Waals surface area contributed by atoms with Crippen molar-refractivity contribution in [2.75, 3.05) is 0 Å². The van der Waals surface area contributed by atoms with Gasteiger partial charge in [0.2, 0.25) is 0 Å². The van der Waals surface area contributed by atoms with Gasteiger partial charge in [0.1, 0.15) is 11.3 Å². The van der Waals surface area contributed by atoms with Gasteiger partial charge in [-0.3, -0.25) is 4.79 Å². The first-order valence-electron chi connectivity index (χ1n) is 5.70. The van der Waals surface area contributed by atoms with Crippen LogP contribution in [0.5, 0.6) is 0 Å². The third-order valence-corrected chi connectivity index (χ3v) is 3.36. The lowest BCUT2D eigenvalue weighted by atomic mass is 9.93. The van der Waals surface area contributed by atoms with Crippen LogP contribution in [0.2, 0.25) is 0 Å². The molecule has 0 fully saturated rings. The van der Waals surface area contributed by atoms with Crippen molar-refractivity contribution in [1.82, 2.24) is 15.0 Å². The Morgan fingerprint density at radius 1 is 1.28 bits per heavy atom. The van der Waals surface area contributed by atoms with Gasteiger partial charge in [-0.1, -0.05) is 20.8 Å². The molecule has 0 saturated heterocycles.